The van der Waals surface area contributed by atoms with Gasteiger partial charge in [-0.2, -0.15) is 0 Å². The molecule has 5 rings (SSSR count). The number of fused-ring (bicyclic) bond motifs is 1. The molecule has 0 saturated carbocycles. The smallest absolute Gasteiger partial charge is 0.123 e. The molecular weight excluding hydrogens is 399 g/mol. The lowest BCUT2D eigenvalue weighted by Gasteiger charge is -2.33. The van der Waals surface area contributed by atoms with Crippen molar-refractivity contribution in [3.63, 3.8) is 0 Å². The average Bonchev–Trinajstić information content (AvgIpc) is 3.28. The maximum Gasteiger partial charge on any atom is 0.123 e. The molecule has 2 heterocycles. The van der Waals surface area contributed by atoms with Gasteiger partial charge in [0, 0.05) is 36.5 Å². The Morgan fingerprint density at radius 2 is 1.78 bits per heavy atom. The molecule has 32 heavy (non-hydrogen) atoms. The lowest BCUT2D eigenvalue weighted by molar-refractivity contribution is 0.196. The Kier molecular flexibility index (Phi) is 6.22. The zero-order valence-corrected chi connectivity index (χ0v) is 18.8. The molecule has 0 unspecified atom stereocenters. The predicted octanol–water partition coefficient (Wildman–Crippen LogP) is 5.69. The minimum Gasteiger partial charge on any atom is -0.496 e. The van der Waals surface area contributed by atoms with E-state index in [1.807, 2.05) is 18.3 Å². The third kappa shape index (κ3) is 4.71. The fraction of sp³-hybridized carbons (Fsp3) is 0.393. The van der Waals surface area contributed by atoms with Gasteiger partial charge in [0.05, 0.1) is 7.11 Å². The van der Waals surface area contributed by atoms with Crippen molar-refractivity contribution < 1.29 is 9.13 Å². The number of hydrogen-bond acceptors (Lipinski definition) is 3. The van der Waals surface area contributed by atoms with E-state index in [-0.39, 0.29) is 5.82 Å². The highest BCUT2D eigenvalue weighted by Crippen LogP contribution is 2.33. The van der Waals surface area contributed by atoms with Crippen molar-refractivity contribution in [1.82, 2.24) is 9.88 Å². The Balaban J connectivity index is 1.25. The summed E-state index contributed by atoms with van der Waals surface area (Å²) in [6.07, 6.45) is 8.78. The van der Waals surface area contributed by atoms with E-state index in [2.05, 4.69) is 29.2 Å². The van der Waals surface area contributed by atoms with E-state index in [0.29, 0.717) is 5.92 Å². The second kappa shape index (κ2) is 9.41. The van der Waals surface area contributed by atoms with Crippen LogP contribution in [0, 0.1) is 5.82 Å². The molecule has 0 N–H and O–H groups in total. The first-order valence-corrected chi connectivity index (χ1v) is 11.8. The maximum atomic E-state index is 13.1. The fourth-order valence-electron chi connectivity index (χ4n) is 5.27. The molecule has 4 heteroatoms. The summed E-state index contributed by atoms with van der Waals surface area (Å²) in [6, 6.07) is 15.7. The lowest BCUT2D eigenvalue weighted by atomic mass is 9.93. The number of benzene rings is 2. The molecule has 1 atom stereocenters. The van der Waals surface area contributed by atoms with Crippen molar-refractivity contribution >= 4 is 0 Å². The summed E-state index contributed by atoms with van der Waals surface area (Å²) in [5, 5.41) is 0. The Bertz CT molecular complexity index is 1060. The Hall–Kier alpha value is -2.72. The zero-order valence-electron chi connectivity index (χ0n) is 18.8. The quantitative estimate of drug-likeness (QED) is 0.502. The van der Waals surface area contributed by atoms with E-state index in [9.17, 15) is 4.39 Å². The van der Waals surface area contributed by atoms with Gasteiger partial charge in [0.15, 0.2) is 0 Å². The number of rotatable bonds is 6. The molecule has 1 aromatic heterocycles. The molecule has 1 saturated heterocycles. The Labute approximate surface area is 190 Å². The van der Waals surface area contributed by atoms with Crippen LogP contribution in [-0.4, -0.2) is 30.1 Å². The molecule has 3 aromatic rings. The molecule has 2 aliphatic rings. The van der Waals surface area contributed by atoms with E-state index in [1.54, 1.807) is 7.11 Å². The predicted molar refractivity (Wildman–Crippen MR) is 126 cm³/mol. The van der Waals surface area contributed by atoms with Crippen molar-refractivity contribution in [3.05, 3.63) is 94.1 Å². The van der Waals surface area contributed by atoms with Crippen LogP contribution >= 0.6 is 0 Å². The Morgan fingerprint density at radius 1 is 1.00 bits per heavy atom. The van der Waals surface area contributed by atoms with Gasteiger partial charge in [-0.15, -0.1) is 0 Å². The van der Waals surface area contributed by atoms with Gasteiger partial charge in [-0.3, -0.25) is 9.88 Å². The number of likely N-dealkylation sites (tertiary alicyclic amines) is 1. The molecule has 1 fully saturated rings. The van der Waals surface area contributed by atoms with Crippen LogP contribution in [-0.2, 0) is 25.8 Å². The van der Waals surface area contributed by atoms with Gasteiger partial charge >= 0.3 is 0 Å². The number of halogens is 1. The van der Waals surface area contributed by atoms with Crippen LogP contribution in [0.5, 0.6) is 5.75 Å². The van der Waals surface area contributed by atoms with Crippen LogP contribution < -0.4 is 4.74 Å². The van der Waals surface area contributed by atoms with Gasteiger partial charge in [0.2, 0.25) is 0 Å². The standard InChI is InChI=1S/C28H31FN2O/c1-32-28-16-23-5-2-4-22(23)15-25(28)19-31-13-3-6-24(18-31)27-12-9-21(17-30-27)14-20-7-10-26(29)11-8-20/h7-12,15-17,24H,2-6,13-14,18-19H2,1H3/t24-/m1/s1. The van der Waals surface area contributed by atoms with Gasteiger partial charge in [-0.1, -0.05) is 24.3 Å². The number of aryl methyl sites for hydroxylation is 2. The van der Waals surface area contributed by atoms with Crippen molar-refractivity contribution in [2.75, 3.05) is 20.2 Å². The normalized spacial score (nSPS) is 18.5. The molecule has 0 bridgehead atoms. The monoisotopic (exact) mass is 430 g/mol. The summed E-state index contributed by atoms with van der Waals surface area (Å²) in [5.41, 5.74) is 7.73. The first-order chi connectivity index (χ1) is 15.7. The van der Waals surface area contributed by atoms with E-state index in [0.717, 1.165) is 42.9 Å². The van der Waals surface area contributed by atoms with Crippen molar-refractivity contribution in [1.29, 1.82) is 0 Å². The molecule has 0 spiro atoms. The fourth-order valence-corrected chi connectivity index (χ4v) is 5.27. The average molecular weight is 431 g/mol. The highest BCUT2D eigenvalue weighted by molar-refractivity contribution is 5.45. The van der Waals surface area contributed by atoms with Crippen LogP contribution in [0.1, 0.15) is 58.7 Å². The summed E-state index contributed by atoms with van der Waals surface area (Å²) < 4.78 is 18.9. The largest absolute Gasteiger partial charge is 0.496 e. The second-order valence-electron chi connectivity index (χ2n) is 9.26. The number of pyridine rings is 1. The molecule has 0 amide bonds. The molecule has 2 aromatic carbocycles. The molecule has 1 aliphatic carbocycles. The SMILES string of the molecule is COc1cc2c(cc1CN1CCC[C@@H](c3ccc(Cc4ccc(F)cc4)cn3)C1)CCC2. The van der Waals surface area contributed by atoms with Gasteiger partial charge in [0.25, 0.3) is 0 Å². The summed E-state index contributed by atoms with van der Waals surface area (Å²) in [7, 11) is 1.79. The van der Waals surface area contributed by atoms with E-state index < -0.39 is 0 Å². The highest BCUT2D eigenvalue weighted by Gasteiger charge is 2.24. The van der Waals surface area contributed by atoms with Gasteiger partial charge in [-0.25, -0.2) is 4.39 Å². The zero-order chi connectivity index (χ0) is 21.9. The van der Waals surface area contributed by atoms with Crippen molar-refractivity contribution in [2.45, 2.75) is 51.0 Å². The van der Waals surface area contributed by atoms with E-state index in [1.165, 1.54) is 66.6 Å². The number of piperidine rings is 1. The summed E-state index contributed by atoms with van der Waals surface area (Å²) in [6.45, 7) is 3.10. The summed E-state index contributed by atoms with van der Waals surface area (Å²) in [5.74, 6) is 1.31. The number of hydrogen-bond donors (Lipinski definition) is 0. The molecule has 0 radical (unpaired) electrons. The van der Waals surface area contributed by atoms with Crippen LogP contribution in [0.25, 0.3) is 0 Å². The molecule has 3 nitrogen and oxygen atoms in total. The molecule has 1 aliphatic heterocycles. The third-order valence-corrected chi connectivity index (χ3v) is 6.98. The van der Waals surface area contributed by atoms with Gasteiger partial charge in [-0.05, 0) is 91.6 Å². The summed E-state index contributed by atoms with van der Waals surface area (Å²) in [4.78, 5) is 7.37. The molecule has 166 valence electrons. The Morgan fingerprint density at radius 3 is 2.53 bits per heavy atom. The second-order valence-corrected chi connectivity index (χ2v) is 9.26. The number of methoxy groups -OCH3 is 1. The van der Waals surface area contributed by atoms with Crippen LogP contribution in [0.15, 0.2) is 54.7 Å². The highest BCUT2D eigenvalue weighted by atomic mass is 19.1. The molecular formula is C28H31FN2O. The van der Waals surface area contributed by atoms with Crippen molar-refractivity contribution in [3.8, 4) is 5.75 Å². The van der Waals surface area contributed by atoms with Gasteiger partial charge in [0.1, 0.15) is 11.6 Å². The van der Waals surface area contributed by atoms with E-state index in [4.69, 9.17) is 9.72 Å². The first-order valence-electron chi connectivity index (χ1n) is 11.8. The summed E-state index contributed by atoms with van der Waals surface area (Å²) >= 11 is 0. The minimum absolute atomic E-state index is 0.193. The minimum atomic E-state index is -0.193. The third-order valence-electron chi connectivity index (χ3n) is 6.98. The number of ether oxygens (including phenoxy) is 1. The van der Waals surface area contributed by atoms with Gasteiger partial charge < -0.3 is 4.74 Å². The lowest BCUT2D eigenvalue weighted by Crippen LogP contribution is -2.34. The topological polar surface area (TPSA) is 25.4 Å². The first kappa shape index (κ1) is 21.1. The number of nitrogens with zero attached hydrogens (tertiary/aromatic N) is 2. The number of aromatic nitrogens is 1. The van der Waals surface area contributed by atoms with Crippen LogP contribution in [0.2, 0.25) is 0 Å². The van der Waals surface area contributed by atoms with Crippen molar-refractivity contribution in [2.24, 2.45) is 0 Å². The van der Waals surface area contributed by atoms with Crippen LogP contribution in [0.3, 0.4) is 0 Å². The maximum absolute atomic E-state index is 13.1. The van der Waals surface area contributed by atoms with Crippen LogP contribution in [0.4, 0.5) is 4.39 Å². The van der Waals surface area contributed by atoms with E-state index >= 15 is 0 Å².